The first kappa shape index (κ1) is 24.6. The number of carbonyl (C=O) groups is 2. The number of pyridine rings is 1. The first-order chi connectivity index (χ1) is 17.7. The maximum atomic E-state index is 15.1. The van der Waals surface area contributed by atoms with Crippen molar-refractivity contribution in [3.8, 4) is 5.75 Å². The lowest BCUT2D eigenvalue weighted by molar-refractivity contribution is -0.130. The summed E-state index contributed by atoms with van der Waals surface area (Å²) in [6.45, 7) is 3.33. The molecule has 1 aliphatic heterocycles. The first-order valence-electron chi connectivity index (χ1n) is 11.8. The van der Waals surface area contributed by atoms with Gasteiger partial charge in [-0.3, -0.25) is 9.78 Å². The molecule has 2 fully saturated rings. The molecule has 0 spiro atoms. The summed E-state index contributed by atoms with van der Waals surface area (Å²) in [5.41, 5.74) is 0.572. The highest BCUT2D eigenvalue weighted by molar-refractivity contribution is 5.90. The van der Waals surface area contributed by atoms with Gasteiger partial charge in [-0.05, 0) is 31.9 Å². The van der Waals surface area contributed by atoms with Gasteiger partial charge in [0.05, 0.1) is 24.9 Å². The highest BCUT2D eigenvalue weighted by Gasteiger charge is 2.49. The number of aryl methyl sites for hydroxylation is 2. The Kier molecular flexibility index (Phi) is 6.26. The van der Waals surface area contributed by atoms with Gasteiger partial charge in [-0.25, -0.2) is 13.6 Å². The van der Waals surface area contributed by atoms with E-state index in [0.717, 1.165) is 23.5 Å². The molecule has 1 saturated heterocycles. The Labute approximate surface area is 211 Å². The molecule has 3 amide bonds. The van der Waals surface area contributed by atoms with Crippen LogP contribution in [-0.2, 0) is 16.9 Å². The number of hydrogen-bond acceptors (Lipinski definition) is 7. The van der Waals surface area contributed by atoms with E-state index < -0.39 is 41.1 Å². The van der Waals surface area contributed by atoms with E-state index in [1.807, 2.05) is 25.1 Å². The number of aromatic nitrogens is 3. The van der Waals surface area contributed by atoms with Crippen LogP contribution in [0.4, 0.5) is 13.6 Å². The summed E-state index contributed by atoms with van der Waals surface area (Å²) in [6, 6.07) is 5.79. The second kappa shape index (κ2) is 9.41. The average Bonchev–Trinajstić information content (AvgIpc) is 3.43. The minimum atomic E-state index is -1.23. The quantitative estimate of drug-likeness (QED) is 0.499. The van der Waals surface area contributed by atoms with Gasteiger partial charge in [-0.2, -0.15) is 0 Å². The Bertz CT molecular complexity index is 1340. The molecular formula is C25H26F2N6O4. The summed E-state index contributed by atoms with van der Waals surface area (Å²) in [7, 11) is 1.30. The molecule has 2 aromatic heterocycles. The van der Waals surface area contributed by atoms with Crippen molar-refractivity contribution >= 4 is 11.9 Å². The molecule has 1 aliphatic carbocycles. The second-order valence-corrected chi connectivity index (χ2v) is 9.37. The summed E-state index contributed by atoms with van der Waals surface area (Å²) in [5, 5.41) is 13.2. The first-order valence-corrected chi connectivity index (χ1v) is 11.8. The van der Waals surface area contributed by atoms with Crippen LogP contribution in [0, 0.1) is 25.5 Å². The van der Waals surface area contributed by atoms with Gasteiger partial charge in [0.1, 0.15) is 23.4 Å². The van der Waals surface area contributed by atoms with Crippen LogP contribution in [0.15, 0.2) is 34.7 Å². The van der Waals surface area contributed by atoms with Gasteiger partial charge in [0.25, 0.3) is 0 Å². The van der Waals surface area contributed by atoms with Crippen molar-refractivity contribution in [3.63, 3.8) is 0 Å². The molecule has 3 heterocycles. The van der Waals surface area contributed by atoms with Gasteiger partial charge in [-0.15, -0.1) is 10.2 Å². The minimum Gasteiger partial charge on any atom is -0.497 e. The number of hydrogen-bond donors (Lipinski definition) is 2. The number of benzene rings is 1. The van der Waals surface area contributed by atoms with Gasteiger partial charge in [0, 0.05) is 42.8 Å². The van der Waals surface area contributed by atoms with Crippen LogP contribution in [0.5, 0.6) is 5.75 Å². The van der Waals surface area contributed by atoms with E-state index in [2.05, 4.69) is 25.8 Å². The monoisotopic (exact) mass is 512 g/mol. The molecule has 0 radical (unpaired) electrons. The summed E-state index contributed by atoms with van der Waals surface area (Å²) in [5.74, 6) is -2.79. The van der Waals surface area contributed by atoms with Crippen molar-refractivity contribution < 1.29 is 27.5 Å². The van der Waals surface area contributed by atoms with E-state index in [0.29, 0.717) is 18.7 Å². The zero-order valence-electron chi connectivity index (χ0n) is 20.5. The zero-order chi connectivity index (χ0) is 26.3. The normalized spacial score (nSPS) is 20.1. The smallest absolute Gasteiger partial charge is 0.316 e. The van der Waals surface area contributed by atoms with Gasteiger partial charge in [0.2, 0.25) is 17.7 Å². The number of rotatable bonds is 7. The predicted molar refractivity (Wildman–Crippen MR) is 125 cm³/mol. The van der Waals surface area contributed by atoms with E-state index in [9.17, 15) is 9.59 Å². The summed E-state index contributed by atoms with van der Waals surface area (Å²) >= 11 is 0. The van der Waals surface area contributed by atoms with Crippen LogP contribution >= 0.6 is 0 Å². The van der Waals surface area contributed by atoms with Crippen LogP contribution in [0.1, 0.15) is 47.5 Å². The average molecular weight is 513 g/mol. The van der Waals surface area contributed by atoms with Gasteiger partial charge >= 0.3 is 6.03 Å². The lowest BCUT2D eigenvalue weighted by atomic mass is 9.92. The van der Waals surface area contributed by atoms with E-state index >= 15 is 8.78 Å². The highest BCUT2D eigenvalue weighted by atomic mass is 19.1. The third kappa shape index (κ3) is 4.83. The molecule has 2 N–H and O–H groups in total. The molecule has 12 heteroatoms. The van der Waals surface area contributed by atoms with Gasteiger partial charge in [-0.1, -0.05) is 6.07 Å². The van der Waals surface area contributed by atoms with Crippen molar-refractivity contribution in [1.29, 1.82) is 0 Å². The maximum absolute atomic E-state index is 15.1. The van der Waals surface area contributed by atoms with Crippen LogP contribution in [0.25, 0.3) is 0 Å². The van der Waals surface area contributed by atoms with E-state index in [4.69, 9.17) is 9.15 Å². The molecule has 10 nitrogen and oxygen atoms in total. The third-order valence-electron chi connectivity index (χ3n) is 6.72. The molecule has 2 aliphatic rings. The summed E-state index contributed by atoms with van der Waals surface area (Å²) in [6.07, 6.45) is 1.37. The Morgan fingerprint density at radius 2 is 1.95 bits per heavy atom. The SMILES string of the molecule is COc1cc(F)c([C@@H]2CN(Cc3nnc(C)o3)C(=O)[C@H]2NC(=O)NC2(c3cccc(C)n3)CC2)c(F)c1. The molecule has 0 bridgehead atoms. The molecular weight excluding hydrogens is 486 g/mol. The number of ether oxygens (including phenoxy) is 1. The molecule has 0 unspecified atom stereocenters. The Morgan fingerprint density at radius 1 is 1.22 bits per heavy atom. The molecule has 1 aromatic carbocycles. The summed E-state index contributed by atoms with van der Waals surface area (Å²) in [4.78, 5) is 32.3. The number of amides is 3. The van der Waals surface area contributed by atoms with Crippen LogP contribution in [0.3, 0.4) is 0 Å². The fourth-order valence-electron chi connectivity index (χ4n) is 4.74. The van der Waals surface area contributed by atoms with Gasteiger partial charge < -0.3 is 24.7 Å². The molecule has 3 aromatic rings. The number of halogens is 2. The molecule has 2 atom stereocenters. The van der Waals surface area contributed by atoms with Gasteiger partial charge in [0.15, 0.2) is 0 Å². The third-order valence-corrected chi connectivity index (χ3v) is 6.72. The fraction of sp³-hybridized carbons (Fsp3) is 0.400. The Hall–Kier alpha value is -4.09. The maximum Gasteiger partial charge on any atom is 0.316 e. The van der Waals surface area contributed by atoms with Crippen molar-refractivity contribution in [2.75, 3.05) is 13.7 Å². The lowest BCUT2D eigenvalue weighted by Gasteiger charge is -2.23. The molecule has 194 valence electrons. The zero-order valence-corrected chi connectivity index (χ0v) is 20.5. The number of urea groups is 1. The molecule has 5 rings (SSSR count). The van der Waals surface area contributed by atoms with Crippen molar-refractivity contribution in [1.82, 2.24) is 30.7 Å². The fourth-order valence-corrected chi connectivity index (χ4v) is 4.74. The van der Waals surface area contributed by atoms with Crippen LogP contribution < -0.4 is 15.4 Å². The molecule has 1 saturated carbocycles. The van der Waals surface area contributed by atoms with Crippen LogP contribution in [0.2, 0.25) is 0 Å². The van der Waals surface area contributed by atoms with E-state index in [-0.39, 0.29) is 30.3 Å². The van der Waals surface area contributed by atoms with Crippen molar-refractivity contribution in [2.24, 2.45) is 0 Å². The number of nitrogens with zero attached hydrogens (tertiary/aromatic N) is 4. The highest BCUT2D eigenvalue weighted by Crippen LogP contribution is 2.44. The lowest BCUT2D eigenvalue weighted by Crippen LogP contribution is -2.50. The molecule has 37 heavy (non-hydrogen) atoms. The largest absolute Gasteiger partial charge is 0.497 e. The Morgan fingerprint density at radius 3 is 2.54 bits per heavy atom. The van der Waals surface area contributed by atoms with E-state index in [1.165, 1.54) is 12.0 Å². The predicted octanol–water partition coefficient (Wildman–Crippen LogP) is 2.85. The topological polar surface area (TPSA) is 122 Å². The number of methoxy groups -OCH3 is 1. The number of carbonyl (C=O) groups excluding carboxylic acids is 2. The minimum absolute atomic E-state index is 0.00449. The Balaban J connectivity index is 1.41. The number of likely N-dealkylation sites (tertiary alicyclic amines) is 1. The van der Waals surface area contributed by atoms with Crippen molar-refractivity contribution in [3.05, 3.63) is 70.7 Å². The van der Waals surface area contributed by atoms with E-state index in [1.54, 1.807) is 6.92 Å². The van der Waals surface area contributed by atoms with Crippen molar-refractivity contribution in [2.45, 2.75) is 50.7 Å². The standard InChI is InChI=1S/C25H26F2N6O4/c1-13-5-4-6-19(28-13)25(7-8-25)30-24(35)29-22-16(21-17(26)9-15(36-3)10-18(21)27)11-33(23(22)34)12-20-32-31-14(2)37-20/h4-6,9-10,16,22H,7-8,11-12H2,1-3H3,(H2,29,30,35)/t16-,22-/m0/s1. The number of nitrogens with one attached hydrogen (secondary N) is 2. The second-order valence-electron chi connectivity index (χ2n) is 9.37. The summed E-state index contributed by atoms with van der Waals surface area (Å²) < 4.78 is 40.4. The van der Waals surface area contributed by atoms with Crippen LogP contribution in [-0.4, -0.2) is 51.7 Å².